The Hall–Kier alpha value is -2.23. The van der Waals surface area contributed by atoms with E-state index in [2.05, 4.69) is 9.97 Å². The number of carbonyl (C=O) groups is 1. The van der Waals surface area contributed by atoms with E-state index in [1.165, 1.54) is 12.4 Å². The van der Waals surface area contributed by atoms with Crippen LogP contribution in [0.2, 0.25) is 0 Å². The Morgan fingerprint density at radius 3 is 3.00 bits per heavy atom. The standard InChI is InChI=1S/C14H12N2O2/c17-14(12-8-15-5-6-16-12)11-7-10-3-1-2-4-13(10)18-9-11/h1-6,8,11H,7,9H2. The average Bonchev–Trinajstić information content (AvgIpc) is 2.47. The molecule has 0 fully saturated rings. The van der Waals surface area contributed by atoms with E-state index in [0.29, 0.717) is 18.7 Å². The van der Waals surface area contributed by atoms with Gasteiger partial charge in [0, 0.05) is 12.4 Å². The summed E-state index contributed by atoms with van der Waals surface area (Å²) in [6.07, 6.45) is 5.29. The van der Waals surface area contributed by atoms with Crippen molar-refractivity contribution in [3.05, 3.63) is 54.1 Å². The fraction of sp³-hybridized carbons (Fsp3) is 0.214. The fourth-order valence-corrected chi connectivity index (χ4v) is 2.13. The lowest BCUT2D eigenvalue weighted by Gasteiger charge is -2.23. The third kappa shape index (κ3) is 1.97. The molecule has 90 valence electrons. The number of aromatic nitrogens is 2. The van der Waals surface area contributed by atoms with Crippen LogP contribution in [0.5, 0.6) is 5.75 Å². The van der Waals surface area contributed by atoms with Gasteiger partial charge < -0.3 is 4.74 Å². The highest BCUT2D eigenvalue weighted by molar-refractivity contribution is 5.96. The summed E-state index contributed by atoms with van der Waals surface area (Å²) < 4.78 is 5.61. The van der Waals surface area contributed by atoms with E-state index in [9.17, 15) is 4.79 Å². The molecule has 1 aromatic carbocycles. The second-order valence-electron chi connectivity index (χ2n) is 4.27. The molecule has 0 N–H and O–H groups in total. The van der Waals surface area contributed by atoms with Crippen molar-refractivity contribution in [3.63, 3.8) is 0 Å². The number of nitrogens with zero attached hydrogens (tertiary/aromatic N) is 2. The first kappa shape index (κ1) is 10.9. The Morgan fingerprint density at radius 2 is 2.17 bits per heavy atom. The number of hydrogen-bond donors (Lipinski definition) is 0. The molecule has 0 bridgehead atoms. The van der Waals surface area contributed by atoms with Gasteiger partial charge >= 0.3 is 0 Å². The molecular formula is C14H12N2O2. The van der Waals surface area contributed by atoms with Crippen molar-refractivity contribution < 1.29 is 9.53 Å². The van der Waals surface area contributed by atoms with Crippen LogP contribution in [-0.2, 0) is 6.42 Å². The first-order valence-electron chi connectivity index (χ1n) is 5.85. The molecule has 4 heteroatoms. The second-order valence-corrected chi connectivity index (χ2v) is 4.27. The summed E-state index contributed by atoms with van der Waals surface area (Å²) in [7, 11) is 0. The molecule has 0 radical (unpaired) electrons. The van der Waals surface area contributed by atoms with Gasteiger partial charge in [-0.25, -0.2) is 4.98 Å². The van der Waals surface area contributed by atoms with Crippen molar-refractivity contribution in [2.45, 2.75) is 6.42 Å². The monoisotopic (exact) mass is 240 g/mol. The number of carbonyl (C=O) groups excluding carboxylic acids is 1. The first-order chi connectivity index (χ1) is 8.84. The van der Waals surface area contributed by atoms with Crippen molar-refractivity contribution in [1.29, 1.82) is 0 Å². The van der Waals surface area contributed by atoms with Crippen LogP contribution in [-0.4, -0.2) is 22.4 Å². The van der Waals surface area contributed by atoms with E-state index in [1.807, 2.05) is 24.3 Å². The molecule has 0 aliphatic carbocycles. The van der Waals surface area contributed by atoms with E-state index in [0.717, 1.165) is 11.3 Å². The number of fused-ring (bicyclic) bond motifs is 1. The van der Waals surface area contributed by atoms with Gasteiger partial charge in [-0.15, -0.1) is 0 Å². The van der Waals surface area contributed by atoms with Gasteiger partial charge in [-0.2, -0.15) is 0 Å². The quantitative estimate of drug-likeness (QED) is 0.752. The normalized spacial score (nSPS) is 17.7. The Kier molecular flexibility index (Phi) is 2.76. The van der Waals surface area contributed by atoms with Crippen molar-refractivity contribution in [1.82, 2.24) is 9.97 Å². The minimum Gasteiger partial charge on any atom is -0.493 e. The van der Waals surface area contributed by atoms with Crippen LogP contribution in [0.25, 0.3) is 0 Å². The number of ketones is 1. The van der Waals surface area contributed by atoms with E-state index in [4.69, 9.17) is 4.74 Å². The summed E-state index contributed by atoms with van der Waals surface area (Å²) in [5, 5.41) is 0. The first-order valence-corrected chi connectivity index (χ1v) is 5.85. The summed E-state index contributed by atoms with van der Waals surface area (Å²) in [6.45, 7) is 0.409. The number of rotatable bonds is 2. The van der Waals surface area contributed by atoms with Gasteiger partial charge in [0.05, 0.1) is 18.7 Å². The highest BCUT2D eigenvalue weighted by Crippen LogP contribution is 2.28. The Labute approximate surface area is 105 Å². The molecule has 1 aliphatic heterocycles. The van der Waals surface area contributed by atoms with Crippen molar-refractivity contribution >= 4 is 5.78 Å². The zero-order valence-electron chi connectivity index (χ0n) is 9.74. The number of ether oxygens (including phenoxy) is 1. The van der Waals surface area contributed by atoms with Gasteiger partial charge in [0.1, 0.15) is 11.4 Å². The zero-order valence-corrected chi connectivity index (χ0v) is 9.74. The molecule has 0 amide bonds. The summed E-state index contributed by atoms with van der Waals surface area (Å²) in [5.74, 6) is 0.704. The summed E-state index contributed by atoms with van der Waals surface area (Å²) in [6, 6.07) is 7.81. The van der Waals surface area contributed by atoms with Crippen molar-refractivity contribution in [2.24, 2.45) is 5.92 Å². The summed E-state index contributed by atoms with van der Waals surface area (Å²) in [5.41, 5.74) is 1.48. The van der Waals surface area contributed by atoms with E-state index < -0.39 is 0 Å². The van der Waals surface area contributed by atoms with Crippen LogP contribution in [0.1, 0.15) is 16.1 Å². The number of hydrogen-bond acceptors (Lipinski definition) is 4. The molecule has 1 aromatic heterocycles. The minimum atomic E-state index is -0.170. The molecule has 2 aromatic rings. The highest BCUT2D eigenvalue weighted by Gasteiger charge is 2.27. The zero-order chi connectivity index (χ0) is 12.4. The van der Waals surface area contributed by atoms with Gasteiger partial charge in [-0.1, -0.05) is 18.2 Å². The largest absolute Gasteiger partial charge is 0.493 e. The molecule has 1 unspecified atom stereocenters. The third-order valence-corrected chi connectivity index (χ3v) is 3.07. The van der Waals surface area contributed by atoms with Crippen LogP contribution in [0.15, 0.2) is 42.9 Å². The van der Waals surface area contributed by atoms with Crippen LogP contribution in [0, 0.1) is 5.92 Å². The van der Waals surface area contributed by atoms with Crippen molar-refractivity contribution in [2.75, 3.05) is 6.61 Å². The summed E-state index contributed by atoms with van der Waals surface area (Å²) in [4.78, 5) is 20.2. The predicted octanol–water partition coefficient (Wildman–Crippen LogP) is 1.91. The van der Waals surface area contributed by atoms with E-state index in [-0.39, 0.29) is 11.7 Å². The maximum Gasteiger partial charge on any atom is 0.189 e. The van der Waals surface area contributed by atoms with Crippen LogP contribution in [0.3, 0.4) is 0 Å². The molecule has 0 saturated heterocycles. The van der Waals surface area contributed by atoms with Gasteiger partial charge in [-0.05, 0) is 18.1 Å². The maximum absolute atomic E-state index is 12.2. The van der Waals surface area contributed by atoms with Crippen LogP contribution < -0.4 is 4.74 Å². The van der Waals surface area contributed by atoms with Gasteiger partial charge in [0.25, 0.3) is 0 Å². The van der Waals surface area contributed by atoms with Crippen molar-refractivity contribution in [3.8, 4) is 5.75 Å². The van der Waals surface area contributed by atoms with Gasteiger partial charge in [0.2, 0.25) is 0 Å². The van der Waals surface area contributed by atoms with E-state index in [1.54, 1.807) is 6.20 Å². The van der Waals surface area contributed by atoms with Crippen LogP contribution in [0.4, 0.5) is 0 Å². The number of Topliss-reactive ketones (excluding diaryl/α,β-unsaturated/α-hetero) is 1. The number of benzene rings is 1. The Morgan fingerprint density at radius 1 is 1.28 bits per heavy atom. The maximum atomic E-state index is 12.2. The highest BCUT2D eigenvalue weighted by atomic mass is 16.5. The molecule has 3 rings (SSSR count). The Bertz CT molecular complexity index is 569. The number of para-hydroxylation sites is 1. The average molecular weight is 240 g/mol. The predicted molar refractivity (Wildman–Crippen MR) is 65.5 cm³/mol. The van der Waals surface area contributed by atoms with Crippen LogP contribution >= 0.6 is 0 Å². The molecule has 1 atom stereocenters. The van der Waals surface area contributed by atoms with Gasteiger partial charge in [-0.3, -0.25) is 9.78 Å². The second kappa shape index (κ2) is 4.56. The van der Waals surface area contributed by atoms with E-state index >= 15 is 0 Å². The lowest BCUT2D eigenvalue weighted by Crippen LogP contribution is -2.28. The fourth-order valence-electron chi connectivity index (χ4n) is 2.13. The molecule has 18 heavy (non-hydrogen) atoms. The molecule has 0 saturated carbocycles. The SMILES string of the molecule is O=C(c1cnccn1)C1COc2ccccc2C1. The topological polar surface area (TPSA) is 52.1 Å². The lowest BCUT2D eigenvalue weighted by atomic mass is 9.92. The molecular weight excluding hydrogens is 228 g/mol. The molecule has 1 aliphatic rings. The molecule has 2 heterocycles. The minimum absolute atomic E-state index is 0.00222. The molecule has 0 spiro atoms. The third-order valence-electron chi connectivity index (χ3n) is 3.07. The lowest BCUT2D eigenvalue weighted by molar-refractivity contribution is 0.0849. The van der Waals surface area contributed by atoms with Gasteiger partial charge in [0.15, 0.2) is 5.78 Å². The Balaban J connectivity index is 1.82. The summed E-state index contributed by atoms with van der Waals surface area (Å²) >= 11 is 0. The molecule has 4 nitrogen and oxygen atoms in total. The smallest absolute Gasteiger partial charge is 0.189 e.